The molecule has 4 atom stereocenters. The van der Waals surface area contributed by atoms with E-state index in [-0.39, 0.29) is 17.4 Å². The van der Waals surface area contributed by atoms with Crippen molar-refractivity contribution in [3.05, 3.63) is 0 Å². The third-order valence-corrected chi connectivity index (χ3v) is 4.98. The molecule has 2 aliphatic heterocycles. The van der Waals surface area contributed by atoms with Crippen molar-refractivity contribution in [1.29, 1.82) is 0 Å². The normalized spacial score (nSPS) is 45.8. The van der Waals surface area contributed by atoms with Crippen LogP contribution in [-0.2, 0) is 9.53 Å². The van der Waals surface area contributed by atoms with Crippen LogP contribution in [0.25, 0.3) is 0 Å². The number of carbonyl (C=O) groups excluding carboxylic acids is 1. The minimum absolute atomic E-state index is 0.0736. The fraction of sp³-hybridized carbons (Fsp3) is 0.923. The first-order valence-electron chi connectivity index (χ1n) is 6.54. The van der Waals surface area contributed by atoms with Crippen LogP contribution >= 0.6 is 0 Å². The van der Waals surface area contributed by atoms with Gasteiger partial charge >= 0.3 is 0 Å². The minimum Gasteiger partial charge on any atom is -0.381 e. The Kier molecular flexibility index (Phi) is 2.29. The molecule has 2 heterocycles. The lowest BCUT2D eigenvalue weighted by Crippen LogP contribution is -2.51. The van der Waals surface area contributed by atoms with Crippen molar-refractivity contribution in [1.82, 2.24) is 5.32 Å². The van der Waals surface area contributed by atoms with Gasteiger partial charge in [0.1, 0.15) is 0 Å². The summed E-state index contributed by atoms with van der Waals surface area (Å²) in [4.78, 5) is 11.9. The Labute approximate surface area is 96.9 Å². The zero-order chi connectivity index (χ0) is 11.3. The third-order valence-electron chi connectivity index (χ3n) is 4.98. The van der Waals surface area contributed by atoms with E-state index >= 15 is 0 Å². The predicted molar refractivity (Wildman–Crippen MR) is 60.9 cm³/mol. The maximum atomic E-state index is 11.9. The minimum atomic E-state index is 0.0736. The number of ether oxygens (including phenoxy) is 1. The van der Waals surface area contributed by atoms with Gasteiger partial charge in [-0.3, -0.25) is 4.79 Å². The van der Waals surface area contributed by atoms with Crippen LogP contribution in [-0.4, -0.2) is 24.7 Å². The molecular weight excluding hydrogens is 202 g/mol. The van der Waals surface area contributed by atoms with Crippen molar-refractivity contribution in [2.45, 2.75) is 38.6 Å². The molecule has 1 saturated carbocycles. The number of nitrogens with one attached hydrogen (secondary N) is 1. The van der Waals surface area contributed by atoms with Gasteiger partial charge in [-0.05, 0) is 37.0 Å². The van der Waals surface area contributed by atoms with E-state index in [1.54, 1.807) is 0 Å². The average molecular weight is 223 g/mol. The van der Waals surface area contributed by atoms with Crippen LogP contribution in [0.5, 0.6) is 0 Å². The number of hydrogen-bond acceptors (Lipinski definition) is 2. The number of hydrogen-bond donors (Lipinski definition) is 1. The lowest BCUT2D eigenvalue weighted by atomic mass is 9.72. The maximum absolute atomic E-state index is 11.9. The molecule has 16 heavy (non-hydrogen) atoms. The van der Waals surface area contributed by atoms with Gasteiger partial charge in [-0.1, -0.05) is 13.8 Å². The quantitative estimate of drug-likeness (QED) is 0.733. The second kappa shape index (κ2) is 3.46. The van der Waals surface area contributed by atoms with Crippen molar-refractivity contribution in [3.63, 3.8) is 0 Å². The second-order valence-electron chi connectivity index (χ2n) is 5.95. The van der Waals surface area contributed by atoms with Crippen LogP contribution in [0.1, 0.15) is 33.1 Å². The van der Waals surface area contributed by atoms with Gasteiger partial charge in [0, 0.05) is 24.7 Å². The maximum Gasteiger partial charge on any atom is 0.223 e. The summed E-state index contributed by atoms with van der Waals surface area (Å²) in [6, 6.07) is 0. The molecule has 1 amide bonds. The highest BCUT2D eigenvalue weighted by molar-refractivity contribution is 5.82. The molecule has 90 valence electrons. The van der Waals surface area contributed by atoms with Gasteiger partial charge in [0.25, 0.3) is 0 Å². The summed E-state index contributed by atoms with van der Waals surface area (Å²) in [5.41, 5.74) is 0.0736. The summed E-state index contributed by atoms with van der Waals surface area (Å²) in [6.45, 7) is 6.04. The molecule has 1 N–H and O–H groups in total. The van der Waals surface area contributed by atoms with Crippen molar-refractivity contribution < 1.29 is 9.53 Å². The molecule has 3 rings (SSSR count). The Balaban J connectivity index is 1.87. The number of amides is 1. The average Bonchev–Trinajstić information content (AvgIpc) is 2.90. The topological polar surface area (TPSA) is 38.3 Å². The molecule has 0 radical (unpaired) electrons. The summed E-state index contributed by atoms with van der Waals surface area (Å²) in [5.74, 6) is 2.62. The Bertz CT molecular complexity index is 309. The van der Waals surface area contributed by atoms with E-state index < -0.39 is 0 Å². The monoisotopic (exact) mass is 223 g/mol. The second-order valence-corrected chi connectivity index (χ2v) is 5.95. The van der Waals surface area contributed by atoms with Crippen LogP contribution < -0.4 is 5.32 Å². The number of carbonyl (C=O) groups is 1. The standard InChI is InChI=1S/C13H21NO2/c1-8-7-10(8)11-9(2)12(15)14-13(11)3-5-16-6-4-13/h8-11H,3-7H2,1-2H3,(H,14,15). The molecule has 0 aromatic carbocycles. The Hall–Kier alpha value is -0.570. The van der Waals surface area contributed by atoms with E-state index in [0.717, 1.165) is 37.9 Å². The molecule has 1 aliphatic carbocycles. The van der Waals surface area contributed by atoms with E-state index in [4.69, 9.17) is 4.74 Å². The molecule has 1 spiro atoms. The Morgan fingerprint density at radius 1 is 1.31 bits per heavy atom. The van der Waals surface area contributed by atoms with Crippen LogP contribution in [0.4, 0.5) is 0 Å². The first-order chi connectivity index (χ1) is 7.64. The van der Waals surface area contributed by atoms with Gasteiger partial charge in [-0.15, -0.1) is 0 Å². The Morgan fingerprint density at radius 2 is 1.94 bits per heavy atom. The highest BCUT2D eigenvalue weighted by Crippen LogP contribution is 2.55. The van der Waals surface area contributed by atoms with Gasteiger partial charge in [0.05, 0.1) is 0 Å². The van der Waals surface area contributed by atoms with Crippen LogP contribution in [0.15, 0.2) is 0 Å². The van der Waals surface area contributed by atoms with Crippen molar-refractivity contribution in [2.24, 2.45) is 23.7 Å². The van der Waals surface area contributed by atoms with Gasteiger partial charge in [0.2, 0.25) is 5.91 Å². The largest absolute Gasteiger partial charge is 0.381 e. The van der Waals surface area contributed by atoms with E-state index in [0.29, 0.717) is 5.92 Å². The van der Waals surface area contributed by atoms with Crippen LogP contribution in [0.3, 0.4) is 0 Å². The zero-order valence-electron chi connectivity index (χ0n) is 10.2. The summed E-state index contributed by atoms with van der Waals surface area (Å²) in [6.07, 6.45) is 3.33. The summed E-state index contributed by atoms with van der Waals surface area (Å²) >= 11 is 0. The first-order valence-corrected chi connectivity index (χ1v) is 6.54. The summed E-state index contributed by atoms with van der Waals surface area (Å²) in [7, 11) is 0. The van der Waals surface area contributed by atoms with Gasteiger partial charge < -0.3 is 10.1 Å². The van der Waals surface area contributed by atoms with E-state index in [9.17, 15) is 4.79 Å². The van der Waals surface area contributed by atoms with Crippen molar-refractivity contribution in [3.8, 4) is 0 Å². The van der Waals surface area contributed by atoms with Crippen molar-refractivity contribution >= 4 is 5.91 Å². The summed E-state index contributed by atoms with van der Waals surface area (Å²) in [5, 5.41) is 3.29. The molecule has 0 aromatic rings. The van der Waals surface area contributed by atoms with Crippen molar-refractivity contribution in [2.75, 3.05) is 13.2 Å². The fourth-order valence-electron chi connectivity index (χ4n) is 3.91. The van der Waals surface area contributed by atoms with Gasteiger partial charge in [0.15, 0.2) is 0 Å². The van der Waals surface area contributed by atoms with Crippen LogP contribution in [0, 0.1) is 23.7 Å². The molecule has 0 aromatic heterocycles. The molecule has 4 unspecified atom stereocenters. The highest BCUT2D eigenvalue weighted by Gasteiger charge is 2.58. The smallest absolute Gasteiger partial charge is 0.223 e. The molecule has 3 nitrogen and oxygen atoms in total. The molecular formula is C13H21NO2. The molecule has 3 heteroatoms. The molecule has 0 bridgehead atoms. The van der Waals surface area contributed by atoms with E-state index in [2.05, 4.69) is 19.2 Å². The third kappa shape index (κ3) is 1.41. The van der Waals surface area contributed by atoms with E-state index in [1.165, 1.54) is 6.42 Å². The lowest BCUT2D eigenvalue weighted by Gasteiger charge is -2.39. The lowest BCUT2D eigenvalue weighted by molar-refractivity contribution is -0.123. The molecule has 3 aliphatic rings. The van der Waals surface area contributed by atoms with Crippen LogP contribution in [0.2, 0.25) is 0 Å². The summed E-state index contributed by atoms with van der Waals surface area (Å²) < 4.78 is 5.45. The zero-order valence-corrected chi connectivity index (χ0v) is 10.2. The highest BCUT2D eigenvalue weighted by atomic mass is 16.5. The number of rotatable bonds is 1. The predicted octanol–water partition coefficient (Wildman–Crippen LogP) is 1.57. The first kappa shape index (κ1) is 10.6. The van der Waals surface area contributed by atoms with Gasteiger partial charge in [-0.25, -0.2) is 0 Å². The Morgan fingerprint density at radius 3 is 2.50 bits per heavy atom. The fourth-order valence-corrected chi connectivity index (χ4v) is 3.91. The van der Waals surface area contributed by atoms with Gasteiger partial charge in [-0.2, -0.15) is 0 Å². The molecule has 3 fully saturated rings. The SMILES string of the molecule is CC1CC1C1C(C)C(=O)NC12CCOCC2. The molecule has 2 saturated heterocycles. The van der Waals surface area contributed by atoms with E-state index in [1.807, 2.05) is 0 Å².